The predicted molar refractivity (Wildman–Crippen MR) is 203 cm³/mol. The zero-order valence-electron chi connectivity index (χ0n) is 34.0. The number of hydrogen-bond acceptors (Lipinski definition) is 6. The number of carboxylic acid groups (broad SMARTS) is 1. The van der Waals surface area contributed by atoms with Crippen molar-refractivity contribution in [1.29, 1.82) is 0 Å². The Morgan fingerprint density at radius 1 is 0.882 bits per heavy atom. The van der Waals surface area contributed by atoms with Crippen LogP contribution in [0.2, 0.25) is 0 Å². The van der Waals surface area contributed by atoms with Crippen molar-refractivity contribution < 1.29 is 24.2 Å². The Morgan fingerprint density at radius 3 is 2.18 bits per heavy atom. The van der Waals surface area contributed by atoms with Crippen LogP contribution in [0.4, 0.5) is 0 Å². The zero-order valence-corrected chi connectivity index (χ0v) is 34.0. The van der Waals surface area contributed by atoms with E-state index in [4.69, 9.17) is 4.74 Å². The van der Waals surface area contributed by atoms with Crippen molar-refractivity contribution >= 4 is 17.7 Å². The number of fused-ring (bicyclic) bond motifs is 7. The number of ether oxygens (including phenoxy) is 1. The first-order valence-corrected chi connectivity index (χ1v) is 20.9. The molecule has 5 fully saturated rings. The van der Waals surface area contributed by atoms with Crippen LogP contribution in [-0.4, -0.2) is 78.5 Å². The van der Waals surface area contributed by atoms with Gasteiger partial charge < -0.3 is 14.7 Å². The first kappa shape index (κ1) is 39.0. The zero-order chi connectivity index (χ0) is 37.3. The van der Waals surface area contributed by atoms with E-state index in [-0.39, 0.29) is 46.1 Å². The molecule has 0 bridgehead atoms. The van der Waals surface area contributed by atoms with Gasteiger partial charge in [0.1, 0.15) is 6.10 Å². The fourth-order valence-electron chi connectivity index (χ4n) is 13.5. The van der Waals surface area contributed by atoms with E-state index < -0.39 is 11.4 Å². The summed E-state index contributed by atoms with van der Waals surface area (Å²) in [5, 5.41) is 9.61. The van der Waals surface area contributed by atoms with Gasteiger partial charge in [-0.3, -0.25) is 19.3 Å². The molecule has 0 aliphatic heterocycles. The van der Waals surface area contributed by atoms with E-state index in [1.54, 1.807) is 19.4 Å². The van der Waals surface area contributed by atoms with Gasteiger partial charge in [-0.1, -0.05) is 53.5 Å². The van der Waals surface area contributed by atoms with Gasteiger partial charge in [0.2, 0.25) is 0 Å². The minimum atomic E-state index is -1.13. The monoisotopic (exact) mass is 709 g/mol. The smallest absolute Gasteiger partial charge is 0.309 e. The van der Waals surface area contributed by atoms with Crippen LogP contribution in [0.3, 0.4) is 0 Å². The summed E-state index contributed by atoms with van der Waals surface area (Å²) in [6.07, 6.45) is 14.6. The average molecular weight is 709 g/mol. The first-order valence-electron chi connectivity index (χ1n) is 20.9. The number of rotatable bonds is 12. The molecule has 6 aliphatic rings. The summed E-state index contributed by atoms with van der Waals surface area (Å²) < 4.78 is 6.18. The number of hydrogen-bond donors (Lipinski definition) is 1. The number of allylic oxidation sites excluding steroid dienone is 2. The Hall–Kier alpha value is -1.73. The number of ketones is 1. The van der Waals surface area contributed by atoms with E-state index >= 15 is 0 Å². The first-order chi connectivity index (χ1) is 23.8. The van der Waals surface area contributed by atoms with Gasteiger partial charge >= 0.3 is 11.9 Å². The molecule has 8 atom stereocenters. The molecule has 5 saturated carbocycles. The molecule has 0 amide bonds. The van der Waals surface area contributed by atoms with Gasteiger partial charge in [-0.25, -0.2) is 0 Å². The molecule has 8 unspecified atom stereocenters. The second-order valence-corrected chi connectivity index (χ2v) is 20.7. The number of likely N-dealkylation sites (N-methyl/N-ethyl adjacent to an activating group) is 1. The number of Topliss-reactive ketones (excluding diaryl/α,β-unsaturated/α-hetero) is 1. The Bertz CT molecular complexity index is 1390. The Morgan fingerprint density at radius 2 is 1.57 bits per heavy atom. The summed E-state index contributed by atoms with van der Waals surface area (Å²) in [4.78, 5) is 44.0. The van der Waals surface area contributed by atoms with Gasteiger partial charge in [0.15, 0.2) is 5.78 Å². The van der Waals surface area contributed by atoms with Crippen molar-refractivity contribution in [3.8, 4) is 0 Å². The van der Waals surface area contributed by atoms with Crippen molar-refractivity contribution in [2.45, 2.75) is 157 Å². The third kappa shape index (κ3) is 6.69. The lowest BCUT2D eigenvalue weighted by Crippen LogP contribution is -2.63. The van der Waals surface area contributed by atoms with E-state index in [0.717, 1.165) is 64.2 Å². The molecular weight excluding hydrogens is 636 g/mol. The molecule has 0 spiro atoms. The van der Waals surface area contributed by atoms with E-state index in [9.17, 15) is 19.5 Å². The second-order valence-electron chi connectivity index (χ2n) is 20.7. The normalized spacial score (nSPS) is 37.9. The highest BCUT2D eigenvalue weighted by Gasteiger charge is 2.66. The fourth-order valence-corrected chi connectivity index (χ4v) is 13.5. The van der Waals surface area contributed by atoms with Crippen LogP contribution in [0.15, 0.2) is 11.1 Å². The topological polar surface area (TPSA) is 87.2 Å². The largest absolute Gasteiger partial charge is 0.481 e. The molecular formula is C44H72N2O5. The van der Waals surface area contributed by atoms with Crippen LogP contribution < -0.4 is 0 Å². The molecule has 51 heavy (non-hydrogen) atoms. The van der Waals surface area contributed by atoms with Gasteiger partial charge in [-0.2, -0.15) is 0 Å². The Balaban J connectivity index is 1.23. The van der Waals surface area contributed by atoms with Crippen molar-refractivity contribution in [3.05, 3.63) is 11.1 Å². The van der Waals surface area contributed by atoms with Gasteiger partial charge in [-0.15, -0.1) is 0 Å². The van der Waals surface area contributed by atoms with E-state index in [2.05, 4.69) is 65.4 Å². The fraction of sp³-hybridized carbons (Fsp3) is 0.886. The van der Waals surface area contributed by atoms with Crippen molar-refractivity contribution in [2.75, 3.05) is 33.7 Å². The maximum atomic E-state index is 14.1. The lowest BCUT2D eigenvalue weighted by Gasteiger charge is -2.69. The molecule has 7 heteroatoms. The third-order valence-electron chi connectivity index (χ3n) is 16.4. The summed E-state index contributed by atoms with van der Waals surface area (Å²) in [5.41, 5.74) is 1.95. The van der Waals surface area contributed by atoms with Gasteiger partial charge in [0.05, 0.1) is 11.8 Å². The number of carbonyl (C=O) groups is 3. The number of aliphatic carboxylic acids is 1. The number of carboxylic acids is 1. The minimum absolute atomic E-state index is 0.0431. The maximum Gasteiger partial charge on any atom is 0.309 e. The van der Waals surface area contributed by atoms with Crippen molar-refractivity contribution in [2.24, 2.45) is 56.7 Å². The molecule has 6 aliphatic carbocycles. The molecule has 0 heterocycles. The SMILES string of the molecule is CC(C)C1=C2C3CCC4C(C)(CCC5C(C)(C)C(OC(=O)CC(C)(C)C(=O)O)CCC54C)C3CCC2(CCN(CCN(C)C)C2CCC2)CC1=O. The molecule has 288 valence electrons. The summed E-state index contributed by atoms with van der Waals surface area (Å²) in [6, 6.07) is 0.719. The Labute approximate surface area is 310 Å². The van der Waals surface area contributed by atoms with Gasteiger partial charge in [-0.05, 0) is 151 Å². The highest BCUT2D eigenvalue weighted by Crippen LogP contribution is 2.73. The average Bonchev–Trinajstić information content (AvgIpc) is 3.31. The summed E-state index contributed by atoms with van der Waals surface area (Å²) >= 11 is 0. The summed E-state index contributed by atoms with van der Waals surface area (Å²) in [6.45, 7) is 20.9. The van der Waals surface area contributed by atoms with E-state index in [1.165, 1.54) is 50.5 Å². The van der Waals surface area contributed by atoms with E-state index in [0.29, 0.717) is 29.5 Å². The van der Waals surface area contributed by atoms with Gasteiger partial charge in [0.25, 0.3) is 0 Å². The second kappa shape index (κ2) is 13.8. The van der Waals surface area contributed by atoms with Gasteiger partial charge in [0, 0.05) is 36.4 Å². The maximum absolute atomic E-state index is 14.1. The molecule has 1 N–H and O–H groups in total. The molecule has 7 nitrogen and oxygen atoms in total. The van der Waals surface area contributed by atoms with Crippen molar-refractivity contribution in [1.82, 2.24) is 9.80 Å². The number of nitrogens with zero attached hydrogens (tertiary/aromatic N) is 2. The number of carbonyl (C=O) groups excluding carboxylic acids is 2. The molecule has 0 aromatic carbocycles. The van der Waals surface area contributed by atoms with Crippen LogP contribution >= 0.6 is 0 Å². The highest BCUT2D eigenvalue weighted by atomic mass is 16.5. The molecule has 0 radical (unpaired) electrons. The molecule has 6 rings (SSSR count). The number of esters is 1. The van der Waals surface area contributed by atoms with Crippen LogP contribution in [0.25, 0.3) is 0 Å². The highest BCUT2D eigenvalue weighted by molar-refractivity contribution is 6.00. The summed E-state index contributed by atoms with van der Waals surface area (Å²) in [5.74, 6) is 1.57. The third-order valence-corrected chi connectivity index (χ3v) is 16.4. The predicted octanol–water partition coefficient (Wildman–Crippen LogP) is 8.80. The standard InChI is InChI=1S/C44H72N2O5/c1-28(2)37-32(47)26-44(22-23-46(25-24-45(9)10)29-12-11-13-29)21-16-31-30(38(37)44)14-15-34-42(31,7)19-17-33-41(5,6)35(18-20-43(33,34)8)51-36(48)27-40(3,4)39(49)50/h28-31,33-35H,11-27H2,1-10H3,(H,49,50). The molecule has 0 aromatic heterocycles. The van der Waals surface area contributed by atoms with Crippen LogP contribution in [-0.2, 0) is 19.1 Å². The Kier molecular flexibility index (Phi) is 10.6. The molecule has 0 saturated heterocycles. The van der Waals surface area contributed by atoms with Crippen LogP contribution in [0, 0.1) is 56.7 Å². The van der Waals surface area contributed by atoms with Crippen LogP contribution in [0.5, 0.6) is 0 Å². The summed E-state index contributed by atoms with van der Waals surface area (Å²) in [7, 11) is 4.37. The van der Waals surface area contributed by atoms with Crippen molar-refractivity contribution in [3.63, 3.8) is 0 Å². The van der Waals surface area contributed by atoms with E-state index in [1.807, 2.05) is 0 Å². The lowest BCUT2D eigenvalue weighted by atomic mass is 9.36. The quantitative estimate of drug-likeness (QED) is 0.203. The molecule has 0 aromatic rings. The lowest BCUT2D eigenvalue weighted by molar-refractivity contribution is -0.214. The minimum Gasteiger partial charge on any atom is -0.481 e. The van der Waals surface area contributed by atoms with Crippen LogP contribution in [0.1, 0.15) is 145 Å².